The predicted octanol–water partition coefficient (Wildman–Crippen LogP) is 4.88. The van der Waals surface area contributed by atoms with E-state index in [1.807, 2.05) is 14.1 Å². The Morgan fingerprint density at radius 3 is 1.42 bits per heavy atom. The van der Waals surface area contributed by atoms with Gasteiger partial charge in [0.05, 0.1) is 14.1 Å². The molecule has 31 heavy (non-hydrogen) atoms. The molecule has 0 aromatic heterocycles. The van der Waals surface area contributed by atoms with Crippen molar-refractivity contribution >= 4 is 11.9 Å². The van der Waals surface area contributed by atoms with Gasteiger partial charge in [0.1, 0.15) is 26.3 Å². The number of hydrogen-bond acceptors (Lipinski definition) is 4. The summed E-state index contributed by atoms with van der Waals surface area (Å²) in [5.41, 5.74) is 0. The van der Waals surface area contributed by atoms with Crippen LogP contribution in [0.2, 0.25) is 0 Å². The van der Waals surface area contributed by atoms with Gasteiger partial charge in [0.15, 0.2) is 0 Å². The highest BCUT2D eigenvalue weighted by atomic mass is 16.5. The number of unbranched alkanes of at least 4 members (excludes halogenated alkanes) is 10. The van der Waals surface area contributed by atoms with Crippen LogP contribution in [0.3, 0.4) is 0 Å². The first kappa shape index (κ1) is 29.0. The second kappa shape index (κ2) is 20.0. The standard InChI is InChI=1S/C26H44NO4/c1-5-7-9-11-13-15-17-19-25(28)30-23-21-27(3,4)22-24-31-26(29)20-18-16-14-12-10-8-6-2/h5-16,21-24H2,1-4H3/q+1. The molecule has 5 nitrogen and oxygen atoms in total. The van der Waals surface area contributed by atoms with Crippen molar-refractivity contribution < 1.29 is 23.5 Å². The summed E-state index contributed by atoms with van der Waals surface area (Å²) in [5.74, 6) is 9.95. The summed E-state index contributed by atoms with van der Waals surface area (Å²) in [6, 6.07) is 0. The first-order valence-electron chi connectivity index (χ1n) is 12.0. The Hall–Kier alpha value is -1.98. The van der Waals surface area contributed by atoms with E-state index in [9.17, 15) is 9.59 Å². The highest BCUT2D eigenvalue weighted by Crippen LogP contribution is 2.05. The third kappa shape index (κ3) is 21.1. The lowest BCUT2D eigenvalue weighted by Gasteiger charge is -2.28. The molecule has 0 aliphatic heterocycles. The number of carbonyl (C=O) groups is 2. The molecule has 0 heterocycles. The number of esters is 2. The van der Waals surface area contributed by atoms with Gasteiger partial charge in [-0.3, -0.25) is 0 Å². The molecule has 0 bridgehead atoms. The van der Waals surface area contributed by atoms with Gasteiger partial charge in [-0.25, -0.2) is 9.59 Å². The highest BCUT2D eigenvalue weighted by Gasteiger charge is 2.16. The van der Waals surface area contributed by atoms with Crippen LogP contribution >= 0.6 is 0 Å². The summed E-state index contributed by atoms with van der Waals surface area (Å²) in [6.07, 6.45) is 13.3. The largest absolute Gasteiger partial charge is 0.450 e. The Kier molecular flexibility index (Phi) is 18.7. The SMILES string of the molecule is CCCCCCCC#CC(=O)OCC[N+](C)(C)CCOC(=O)C#CCCCCCCC. The van der Waals surface area contributed by atoms with E-state index in [2.05, 4.69) is 37.5 Å². The zero-order chi connectivity index (χ0) is 23.2. The molecule has 0 N–H and O–H groups in total. The Bertz CT molecular complexity index is 552. The van der Waals surface area contributed by atoms with E-state index in [-0.39, 0.29) is 0 Å². The molecule has 0 spiro atoms. The van der Waals surface area contributed by atoms with Crippen LogP contribution in [-0.2, 0) is 19.1 Å². The molecular weight excluding hydrogens is 390 g/mol. The molecule has 0 unspecified atom stereocenters. The lowest BCUT2D eigenvalue weighted by atomic mass is 10.1. The minimum atomic E-state index is -0.468. The van der Waals surface area contributed by atoms with Gasteiger partial charge >= 0.3 is 11.9 Å². The molecule has 0 aliphatic carbocycles. The minimum absolute atomic E-state index is 0.294. The van der Waals surface area contributed by atoms with E-state index >= 15 is 0 Å². The fourth-order valence-electron chi connectivity index (χ4n) is 2.86. The molecule has 0 amide bonds. The van der Waals surface area contributed by atoms with Gasteiger partial charge in [0.25, 0.3) is 0 Å². The average molecular weight is 435 g/mol. The van der Waals surface area contributed by atoms with Crippen molar-refractivity contribution in [2.75, 3.05) is 40.4 Å². The molecule has 0 fully saturated rings. The number of rotatable bonds is 16. The first-order chi connectivity index (χ1) is 14.9. The van der Waals surface area contributed by atoms with Crippen molar-refractivity contribution in [3.8, 4) is 23.7 Å². The zero-order valence-corrected chi connectivity index (χ0v) is 20.4. The Morgan fingerprint density at radius 1 is 0.645 bits per heavy atom. The third-order valence-corrected chi connectivity index (χ3v) is 5.05. The Morgan fingerprint density at radius 2 is 1.03 bits per heavy atom. The maximum Gasteiger partial charge on any atom is 0.384 e. The molecule has 0 aromatic rings. The van der Waals surface area contributed by atoms with Crippen molar-refractivity contribution in [1.29, 1.82) is 0 Å². The maximum absolute atomic E-state index is 11.7. The fraction of sp³-hybridized carbons (Fsp3) is 0.769. The number of likely N-dealkylation sites (N-methyl/N-ethyl adjacent to an activating group) is 1. The summed E-state index contributed by atoms with van der Waals surface area (Å²) in [6.45, 7) is 6.23. The second-order valence-electron chi connectivity index (χ2n) is 8.59. The minimum Gasteiger partial charge on any atom is -0.450 e. The molecule has 0 atom stereocenters. The normalized spacial score (nSPS) is 10.5. The molecule has 0 saturated heterocycles. The van der Waals surface area contributed by atoms with Crippen molar-refractivity contribution in [1.82, 2.24) is 0 Å². The van der Waals surface area contributed by atoms with Crippen molar-refractivity contribution in [3.05, 3.63) is 0 Å². The maximum atomic E-state index is 11.7. The van der Waals surface area contributed by atoms with E-state index in [4.69, 9.17) is 9.47 Å². The van der Waals surface area contributed by atoms with Gasteiger partial charge in [-0.1, -0.05) is 77.1 Å². The monoisotopic (exact) mass is 434 g/mol. The van der Waals surface area contributed by atoms with E-state index in [1.165, 1.54) is 51.4 Å². The van der Waals surface area contributed by atoms with E-state index in [0.717, 1.165) is 25.7 Å². The molecule has 5 heteroatoms. The zero-order valence-electron chi connectivity index (χ0n) is 20.4. The number of hydrogen-bond donors (Lipinski definition) is 0. The van der Waals surface area contributed by atoms with Crippen LogP contribution in [0.15, 0.2) is 0 Å². The van der Waals surface area contributed by atoms with Gasteiger partial charge in [-0.2, -0.15) is 0 Å². The number of carbonyl (C=O) groups excluding carboxylic acids is 2. The van der Waals surface area contributed by atoms with Crippen LogP contribution in [0.5, 0.6) is 0 Å². The first-order valence-corrected chi connectivity index (χ1v) is 12.0. The van der Waals surface area contributed by atoms with Crippen LogP contribution in [0.1, 0.15) is 90.9 Å². The number of nitrogens with zero attached hydrogens (tertiary/aromatic N) is 1. The van der Waals surface area contributed by atoms with Gasteiger partial charge in [0, 0.05) is 24.7 Å². The molecule has 0 aliphatic rings. The Balaban J connectivity index is 3.84. The molecule has 176 valence electrons. The lowest BCUT2D eigenvalue weighted by molar-refractivity contribution is -0.890. The van der Waals surface area contributed by atoms with Crippen LogP contribution in [0.4, 0.5) is 0 Å². The summed E-state index contributed by atoms with van der Waals surface area (Å²) < 4.78 is 11.0. The summed E-state index contributed by atoms with van der Waals surface area (Å²) in [7, 11) is 4.01. The van der Waals surface area contributed by atoms with Gasteiger partial charge < -0.3 is 14.0 Å². The third-order valence-electron chi connectivity index (χ3n) is 5.05. The topological polar surface area (TPSA) is 52.6 Å². The van der Waals surface area contributed by atoms with Crippen molar-refractivity contribution in [3.63, 3.8) is 0 Å². The van der Waals surface area contributed by atoms with Crippen molar-refractivity contribution in [2.45, 2.75) is 90.9 Å². The number of ether oxygens (including phenoxy) is 2. The van der Waals surface area contributed by atoms with Crippen LogP contribution in [-0.4, -0.2) is 56.8 Å². The average Bonchev–Trinajstić information content (AvgIpc) is 2.72. The Labute approximate surface area is 190 Å². The lowest BCUT2D eigenvalue weighted by Crippen LogP contribution is -2.45. The van der Waals surface area contributed by atoms with Gasteiger partial charge in [-0.05, 0) is 12.8 Å². The second-order valence-corrected chi connectivity index (χ2v) is 8.59. The van der Waals surface area contributed by atoms with Crippen molar-refractivity contribution in [2.24, 2.45) is 0 Å². The van der Waals surface area contributed by atoms with E-state index in [0.29, 0.717) is 30.8 Å². The number of quaternary nitrogens is 1. The quantitative estimate of drug-likeness (QED) is 0.114. The molecular formula is C26H44NO4+. The summed E-state index contributed by atoms with van der Waals surface area (Å²) >= 11 is 0. The van der Waals surface area contributed by atoms with Crippen LogP contribution in [0, 0.1) is 23.7 Å². The van der Waals surface area contributed by atoms with Gasteiger partial charge in [0.2, 0.25) is 0 Å². The highest BCUT2D eigenvalue weighted by molar-refractivity contribution is 5.88. The van der Waals surface area contributed by atoms with E-state index < -0.39 is 11.9 Å². The summed E-state index contributed by atoms with van der Waals surface area (Å²) in [5, 5.41) is 0. The fourth-order valence-corrected chi connectivity index (χ4v) is 2.86. The summed E-state index contributed by atoms with van der Waals surface area (Å²) in [4.78, 5) is 23.4. The smallest absolute Gasteiger partial charge is 0.384 e. The van der Waals surface area contributed by atoms with Crippen LogP contribution in [0.25, 0.3) is 0 Å². The molecule has 0 aromatic carbocycles. The van der Waals surface area contributed by atoms with Gasteiger partial charge in [-0.15, -0.1) is 0 Å². The van der Waals surface area contributed by atoms with E-state index in [1.54, 1.807) is 0 Å². The predicted molar refractivity (Wildman–Crippen MR) is 126 cm³/mol. The molecule has 0 rings (SSSR count). The molecule has 0 radical (unpaired) electrons. The van der Waals surface area contributed by atoms with Crippen LogP contribution < -0.4 is 0 Å². The molecule has 0 saturated carbocycles.